The van der Waals surface area contributed by atoms with Gasteiger partial charge in [0.2, 0.25) is 0 Å². The van der Waals surface area contributed by atoms with Gasteiger partial charge in [-0.05, 0) is 65.5 Å². The van der Waals surface area contributed by atoms with Crippen LogP contribution in [-0.4, -0.2) is 39.0 Å². The number of aromatic nitrogens is 1. The van der Waals surface area contributed by atoms with Gasteiger partial charge in [0.05, 0.1) is 17.0 Å². The SMILES string of the molecule is Cc1ccc(S(=O)(=O)n2cc(CC=C=C[C@@H](CO)CO[Si](C(C)C)(C(C)C)C(C)C)c3c(Br)cccc32)cc1. The Morgan fingerprint density at radius 2 is 1.64 bits per heavy atom. The zero-order valence-electron chi connectivity index (χ0n) is 24.1. The number of aliphatic hydroxyl groups excluding tert-OH is 1. The molecule has 0 bridgehead atoms. The molecule has 0 unspecified atom stereocenters. The molecule has 0 spiro atoms. The summed E-state index contributed by atoms with van der Waals surface area (Å²) in [5, 5.41) is 10.9. The molecule has 0 amide bonds. The molecule has 5 nitrogen and oxygen atoms in total. The minimum absolute atomic E-state index is 0.0146. The molecule has 0 aliphatic heterocycles. The molecular weight excluding hydrogens is 590 g/mol. The molecule has 2 aromatic carbocycles. The second kappa shape index (κ2) is 13.2. The Morgan fingerprint density at radius 3 is 2.21 bits per heavy atom. The first-order chi connectivity index (χ1) is 18.4. The average Bonchev–Trinajstić information content (AvgIpc) is 3.26. The molecule has 39 heavy (non-hydrogen) atoms. The highest BCUT2D eigenvalue weighted by Crippen LogP contribution is 2.42. The average molecular weight is 633 g/mol. The lowest BCUT2D eigenvalue weighted by atomic mass is 10.1. The van der Waals surface area contributed by atoms with E-state index >= 15 is 0 Å². The first-order valence-electron chi connectivity index (χ1n) is 13.6. The predicted octanol–water partition coefficient (Wildman–Crippen LogP) is 8.00. The van der Waals surface area contributed by atoms with Crippen molar-refractivity contribution in [3.63, 3.8) is 0 Å². The van der Waals surface area contributed by atoms with Gasteiger partial charge in [-0.15, -0.1) is 5.73 Å². The maximum Gasteiger partial charge on any atom is 0.268 e. The normalized spacial score (nSPS) is 13.3. The summed E-state index contributed by atoms with van der Waals surface area (Å²) in [5.41, 5.74) is 7.15. The van der Waals surface area contributed by atoms with Gasteiger partial charge >= 0.3 is 0 Å². The zero-order chi connectivity index (χ0) is 29.0. The molecule has 0 aliphatic carbocycles. The van der Waals surface area contributed by atoms with Gasteiger partial charge in [-0.25, -0.2) is 12.4 Å². The third kappa shape index (κ3) is 6.70. The first-order valence-corrected chi connectivity index (χ1v) is 18.0. The van der Waals surface area contributed by atoms with Gasteiger partial charge in [0.1, 0.15) is 0 Å². The Hall–Kier alpha value is -1.93. The van der Waals surface area contributed by atoms with Crippen LogP contribution in [-0.2, 0) is 20.9 Å². The van der Waals surface area contributed by atoms with Gasteiger partial charge < -0.3 is 9.53 Å². The van der Waals surface area contributed by atoms with Gasteiger partial charge in [0, 0.05) is 35.0 Å². The van der Waals surface area contributed by atoms with E-state index in [0.29, 0.717) is 35.2 Å². The van der Waals surface area contributed by atoms with Crippen LogP contribution >= 0.6 is 15.9 Å². The molecule has 0 saturated carbocycles. The van der Waals surface area contributed by atoms with E-state index in [-0.39, 0.29) is 17.4 Å². The van der Waals surface area contributed by atoms with Crippen molar-refractivity contribution in [2.75, 3.05) is 13.2 Å². The quantitative estimate of drug-likeness (QED) is 0.162. The molecule has 212 valence electrons. The van der Waals surface area contributed by atoms with Crippen molar-refractivity contribution < 1.29 is 18.0 Å². The molecule has 3 rings (SSSR count). The Bertz CT molecular complexity index is 1410. The van der Waals surface area contributed by atoms with Crippen LogP contribution in [0.4, 0.5) is 0 Å². The minimum atomic E-state index is -3.76. The highest BCUT2D eigenvalue weighted by molar-refractivity contribution is 9.10. The molecular formula is C31H42BrNO4SSi. The van der Waals surface area contributed by atoms with Crippen molar-refractivity contribution in [2.24, 2.45) is 5.92 Å². The van der Waals surface area contributed by atoms with Crippen molar-refractivity contribution in [2.45, 2.75) is 76.4 Å². The molecule has 1 heterocycles. The van der Waals surface area contributed by atoms with Crippen molar-refractivity contribution in [3.8, 4) is 0 Å². The van der Waals surface area contributed by atoms with Crippen LogP contribution in [0, 0.1) is 12.8 Å². The van der Waals surface area contributed by atoms with Crippen LogP contribution in [0.15, 0.2) is 75.9 Å². The number of hydrogen-bond donors (Lipinski definition) is 1. The molecule has 1 aromatic heterocycles. The summed E-state index contributed by atoms with van der Waals surface area (Å²) in [5.74, 6) is -0.153. The summed E-state index contributed by atoms with van der Waals surface area (Å²) in [7, 11) is -5.79. The number of halogens is 1. The van der Waals surface area contributed by atoms with Crippen molar-refractivity contribution in [3.05, 3.63) is 82.1 Å². The monoisotopic (exact) mass is 631 g/mol. The summed E-state index contributed by atoms with van der Waals surface area (Å²) < 4.78 is 35.9. The summed E-state index contributed by atoms with van der Waals surface area (Å²) in [6, 6.07) is 12.5. The Morgan fingerprint density at radius 1 is 1.03 bits per heavy atom. The highest BCUT2D eigenvalue weighted by Gasteiger charge is 2.45. The van der Waals surface area contributed by atoms with E-state index in [1.807, 2.05) is 37.3 Å². The largest absolute Gasteiger partial charge is 0.415 e. The summed E-state index contributed by atoms with van der Waals surface area (Å²) in [4.78, 5) is 0.251. The highest BCUT2D eigenvalue weighted by atomic mass is 79.9. The van der Waals surface area contributed by atoms with Gasteiger partial charge in [-0.2, -0.15) is 0 Å². The number of hydrogen-bond acceptors (Lipinski definition) is 4. The van der Waals surface area contributed by atoms with Crippen molar-refractivity contribution in [1.82, 2.24) is 3.97 Å². The second-order valence-corrected chi connectivity index (χ2v) is 19.3. The van der Waals surface area contributed by atoms with E-state index in [0.717, 1.165) is 21.0 Å². The zero-order valence-corrected chi connectivity index (χ0v) is 27.5. The third-order valence-electron chi connectivity index (χ3n) is 7.66. The van der Waals surface area contributed by atoms with E-state index in [1.165, 1.54) is 3.97 Å². The lowest BCUT2D eigenvalue weighted by Gasteiger charge is -2.42. The van der Waals surface area contributed by atoms with Gasteiger partial charge in [-0.3, -0.25) is 0 Å². The van der Waals surface area contributed by atoms with Gasteiger partial charge in [0.25, 0.3) is 10.0 Å². The Kier molecular flexibility index (Phi) is 10.7. The molecule has 0 aliphatic rings. The van der Waals surface area contributed by atoms with E-state index in [9.17, 15) is 13.5 Å². The smallest absolute Gasteiger partial charge is 0.268 e. The molecule has 1 N–H and O–H groups in total. The summed E-state index contributed by atoms with van der Waals surface area (Å²) in [6.07, 6.45) is 5.95. The molecule has 3 aromatic rings. The van der Waals surface area contributed by atoms with E-state index in [4.69, 9.17) is 4.43 Å². The van der Waals surface area contributed by atoms with E-state index < -0.39 is 18.3 Å². The maximum atomic E-state index is 13.5. The first kappa shape index (κ1) is 31.6. The molecule has 1 atom stereocenters. The molecule has 0 radical (unpaired) electrons. The summed E-state index contributed by atoms with van der Waals surface area (Å²) >= 11 is 3.61. The van der Waals surface area contributed by atoms with E-state index in [2.05, 4.69) is 63.2 Å². The van der Waals surface area contributed by atoms with Crippen LogP contribution in [0.1, 0.15) is 52.7 Å². The van der Waals surface area contributed by atoms with Crippen molar-refractivity contribution >= 4 is 45.2 Å². The maximum absolute atomic E-state index is 13.5. The lowest BCUT2D eigenvalue weighted by molar-refractivity contribution is 0.177. The van der Waals surface area contributed by atoms with E-state index in [1.54, 1.807) is 30.5 Å². The van der Waals surface area contributed by atoms with Crippen LogP contribution in [0.5, 0.6) is 0 Å². The fraction of sp³-hybridized carbons (Fsp3) is 0.452. The third-order valence-corrected chi connectivity index (χ3v) is 16.1. The fourth-order valence-electron chi connectivity index (χ4n) is 5.75. The van der Waals surface area contributed by atoms with Crippen LogP contribution in [0.2, 0.25) is 16.6 Å². The van der Waals surface area contributed by atoms with Crippen LogP contribution < -0.4 is 0 Å². The number of benzene rings is 2. The molecule has 8 heteroatoms. The molecule has 0 fully saturated rings. The Labute approximate surface area is 243 Å². The minimum Gasteiger partial charge on any atom is -0.415 e. The number of aliphatic hydroxyl groups is 1. The molecule has 0 saturated heterocycles. The number of fused-ring (bicyclic) bond motifs is 1. The Balaban J connectivity index is 1.88. The topological polar surface area (TPSA) is 68.5 Å². The number of nitrogens with zero attached hydrogens (tertiary/aromatic N) is 1. The second-order valence-electron chi connectivity index (χ2n) is 11.2. The lowest BCUT2D eigenvalue weighted by Crippen LogP contribution is -2.48. The van der Waals surface area contributed by atoms with Gasteiger partial charge in [0.15, 0.2) is 8.32 Å². The summed E-state index contributed by atoms with van der Waals surface area (Å²) in [6.45, 7) is 15.9. The predicted molar refractivity (Wildman–Crippen MR) is 167 cm³/mol. The van der Waals surface area contributed by atoms with Gasteiger partial charge in [-0.1, -0.05) is 81.2 Å². The fourth-order valence-corrected chi connectivity index (χ4v) is 13.2. The number of rotatable bonds is 12. The van der Waals surface area contributed by atoms with Crippen molar-refractivity contribution in [1.29, 1.82) is 0 Å². The standard InChI is InChI=1S/C31H42BrNO4SSi/c1-22(2)39(23(3)4,24(5)6)37-21-26(20-34)11-8-9-12-27-19-33(30-14-10-13-29(32)31(27)30)38(35,36)28-17-15-25(7)16-18-28/h9-11,13-19,22-24,26,34H,12,20-21H2,1-7H3/t8?,26-/m0/s1. The van der Waals surface area contributed by atoms with Crippen LogP contribution in [0.3, 0.4) is 0 Å². The van der Waals surface area contributed by atoms with Crippen LogP contribution in [0.25, 0.3) is 10.9 Å². The number of aryl methyl sites for hydroxylation is 1.